The van der Waals surface area contributed by atoms with E-state index in [1.807, 2.05) is 13.8 Å². The first kappa shape index (κ1) is 30.8. The van der Waals surface area contributed by atoms with Gasteiger partial charge in [0.1, 0.15) is 12.6 Å². The van der Waals surface area contributed by atoms with Gasteiger partial charge in [-0.1, -0.05) is 72.1 Å². The summed E-state index contributed by atoms with van der Waals surface area (Å²) in [7, 11) is -4.19. The monoisotopic (exact) mass is 609 g/mol. The zero-order valence-electron chi connectivity index (χ0n) is 21.8. The third kappa shape index (κ3) is 7.66. The van der Waals surface area contributed by atoms with Crippen LogP contribution in [-0.4, -0.2) is 43.8 Å². The first-order valence-corrected chi connectivity index (χ1v) is 14.9. The molecule has 0 aliphatic heterocycles. The van der Waals surface area contributed by atoms with Crippen LogP contribution in [0.3, 0.4) is 0 Å². The number of carbonyl (C=O) groups is 2. The highest BCUT2D eigenvalue weighted by Gasteiger charge is 2.34. The van der Waals surface area contributed by atoms with Crippen LogP contribution in [0.1, 0.15) is 32.8 Å². The van der Waals surface area contributed by atoms with Crippen molar-refractivity contribution in [2.75, 3.05) is 10.8 Å². The average Bonchev–Trinajstić information content (AvgIpc) is 2.88. The Bertz CT molecular complexity index is 1400. The second-order valence-electron chi connectivity index (χ2n) is 9.11. The average molecular weight is 611 g/mol. The van der Waals surface area contributed by atoms with Gasteiger partial charge in [0.05, 0.1) is 10.6 Å². The lowest BCUT2D eigenvalue weighted by molar-refractivity contribution is -0.140. The fourth-order valence-corrected chi connectivity index (χ4v) is 6.16. The van der Waals surface area contributed by atoms with Crippen LogP contribution in [0.25, 0.3) is 0 Å². The number of nitrogens with one attached hydrogen (secondary N) is 1. The van der Waals surface area contributed by atoms with Gasteiger partial charge in [-0.3, -0.25) is 13.9 Å². The molecule has 0 bridgehead atoms. The van der Waals surface area contributed by atoms with Crippen LogP contribution >= 0.6 is 34.8 Å². The molecule has 0 spiro atoms. The van der Waals surface area contributed by atoms with Crippen LogP contribution in [0.4, 0.5) is 5.69 Å². The third-order valence-corrected chi connectivity index (χ3v) is 8.64. The molecule has 0 heterocycles. The Hall–Kier alpha value is -2.78. The minimum atomic E-state index is -4.19. The number of carbonyl (C=O) groups excluding carboxylic acids is 2. The van der Waals surface area contributed by atoms with Gasteiger partial charge in [0.25, 0.3) is 10.0 Å². The normalized spacial score (nSPS) is 12.2. The number of halogens is 3. The molecule has 7 nitrogen and oxygen atoms in total. The summed E-state index contributed by atoms with van der Waals surface area (Å²) in [6, 6.07) is 17.9. The van der Waals surface area contributed by atoms with Crippen molar-refractivity contribution < 1.29 is 18.0 Å². The van der Waals surface area contributed by atoms with Crippen molar-refractivity contribution in [2.45, 2.75) is 50.7 Å². The molecule has 1 atom stereocenters. The SMILES string of the molecule is CCC(C(=O)NC(C)C)N(Cc1c(Cl)cccc1Cl)C(=O)CN(c1cccc(Cl)c1)S(=O)(=O)c1ccccc1. The number of rotatable bonds is 11. The summed E-state index contributed by atoms with van der Waals surface area (Å²) in [5.41, 5.74) is 0.653. The van der Waals surface area contributed by atoms with Gasteiger partial charge in [-0.15, -0.1) is 0 Å². The van der Waals surface area contributed by atoms with E-state index >= 15 is 0 Å². The number of nitrogens with zero attached hydrogens (tertiary/aromatic N) is 2. The Morgan fingerprint density at radius 1 is 0.897 bits per heavy atom. The molecule has 0 radical (unpaired) electrons. The number of benzene rings is 3. The minimum absolute atomic E-state index is 0.00284. The predicted molar refractivity (Wildman–Crippen MR) is 157 cm³/mol. The molecule has 0 aliphatic carbocycles. The summed E-state index contributed by atoms with van der Waals surface area (Å²) in [6.07, 6.45) is 0.273. The largest absolute Gasteiger partial charge is 0.352 e. The lowest BCUT2D eigenvalue weighted by atomic mass is 10.1. The number of anilines is 1. The van der Waals surface area contributed by atoms with E-state index in [0.717, 1.165) is 4.31 Å². The van der Waals surface area contributed by atoms with Gasteiger partial charge in [0.2, 0.25) is 11.8 Å². The third-order valence-electron chi connectivity index (χ3n) is 5.91. The zero-order chi connectivity index (χ0) is 28.7. The van der Waals surface area contributed by atoms with Crippen LogP contribution in [0.15, 0.2) is 77.7 Å². The quantitative estimate of drug-likeness (QED) is 0.281. The summed E-state index contributed by atoms with van der Waals surface area (Å²) in [6.45, 7) is 4.71. The van der Waals surface area contributed by atoms with Crippen molar-refractivity contribution in [3.63, 3.8) is 0 Å². The van der Waals surface area contributed by atoms with Crippen molar-refractivity contribution in [2.24, 2.45) is 0 Å². The summed E-state index contributed by atoms with van der Waals surface area (Å²) >= 11 is 19.0. The van der Waals surface area contributed by atoms with Crippen molar-refractivity contribution in [3.05, 3.63) is 93.4 Å². The van der Waals surface area contributed by atoms with Gasteiger partial charge in [0, 0.05) is 33.2 Å². The molecule has 0 saturated carbocycles. The Balaban J connectivity index is 2.10. The molecule has 3 rings (SSSR count). The van der Waals surface area contributed by atoms with Crippen LogP contribution < -0.4 is 9.62 Å². The zero-order valence-corrected chi connectivity index (χ0v) is 24.9. The standard InChI is InChI=1S/C28H30Cl3N3O4S/c1-4-26(28(36)32-19(2)3)33(17-23-24(30)14-9-15-25(23)31)27(35)18-34(21-11-8-10-20(29)16-21)39(37,38)22-12-6-5-7-13-22/h5-16,19,26H,4,17-18H2,1-3H3,(H,32,36). The molecule has 0 aliphatic rings. The highest BCUT2D eigenvalue weighted by atomic mass is 35.5. The van der Waals surface area contributed by atoms with E-state index in [9.17, 15) is 18.0 Å². The highest BCUT2D eigenvalue weighted by Crippen LogP contribution is 2.29. The molecule has 11 heteroatoms. The van der Waals surface area contributed by atoms with Crippen molar-refractivity contribution in [1.82, 2.24) is 10.2 Å². The van der Waals surface area contributed by atoms with Crippen LogP contribution in [0.2, 0.25) is 15.1 Å². The first-order valence-electron chi connectivity index (χ1n) is 12.3. The Morgan fingerprint density at radius 3 is 2.08 bits per heavy atom. The van der Waals surface area contributed by atoms with E-state index < -0.39 is 28.5 Å². The maximum atomic E-state index is 14.0. The number of hydrogen-bond acceptors (Lipinski definition) is 4. The minimum Gasteiger partial charge on any atom is -0.352 e. The first-order chi connectivity index (χ1) is 18.4. The molecule has 1 unspecified atom stereocenters. The van der Waals surface area contributed by atoms with E-state index in [0.29, 0.717) is 20.6 Å². The van der Waals surface area contributed by atoms with Gasteiger partial charge in [0.15, 0.2) is 0 Å². The van der Waals surface area contributed by atoms with Crippen molar-refractivity contribution in [3.8, 4) is 0 Å². The lowest BCUT2D eigenvalue weighted by Crippen LogP contribution is -2.53. The molecule has 0 aromatic heterocycles. The van der Waals surface area contributed by atoms with Gasteiger partial charge in [-0.25, -0.2) is 8.42 Å². The topological polar surface area (TPSA) is 86.8 Å². The summed E-state index contributed by atoms with van der Waals surface area (Å²) < 4.78 is 28.5. The van der Waals surface area contributed by atoms with Gasteiger partial charge < -0.3 is 10.2 Å². The second kappa shape index (κ2) is 13.5. The molecule has 39 heavy (non-hydrogen) atoms. The second-order valence-corrected chi connectivity index (χ2v) is 12.2. The van der Waals surface area contributed by atoms with E-state index in [1.54, 1.807) is 61.5 Å². The summed E-state index contributed by atoms with van der Waals surface area (Å²) in [4.78, 5) is 28.5. The van der Waals surface area contributed by atoms with Crippen molar-refractivity contribution >= 4 is 62.3 Å². The van der Waals surface area contributed by atoms with Gasteiger partial charge in [-0.2, -0.15) is 0 Å². The molecular formula is C28H30Cl3N3O4S. The molecule has 0 fully saturated rings. The summed E-state index contributed by atoms with van der Waals surface area (Å²) in [5.74, 6) is -0.986. The molecule has 2 amide bonds. The number of hydrogen-bond donors (Lipinski definition) is 1. The van der Waals surface area contributed by atoms with Crippen LogP contribution in [-0.2, 0) is 26.2 Å². The van der Waals surface area contributed by atoms with E-state index in [-0.39, 0.29) is 35.5 Å². The van der Waals surface area contributed by atoms with E-state index in [1.165, 1.54) is 23.1 Å². The maximum absolute atomic E-state index is 14.0. The van der Waals surface area contributed by atoms with Crippen molar-refractivity contribution in [1.29, 1.82) is 0 Å². The summed E-state index contributed by atoms with van der Waals surface area (Å²) in [5, 5.41) is 3.79. The molecule has 1 N–H and O–H groups in total. The Labute approximate surface area is 244 Å². The number of sulfonamides is 1. The molecular weight excluding hydrogens is 581 g/mol. The predicted octanol–water partition coefficient (Wildman–Crippen LogP) is 6.17. The molecule has 3 aromatic carbocycles. The maximum Gasteiger partial charge on any atom is 0.264 e. The molecule has 0 saturated heterocycles. The van der Waals surface area contributed by atoms with Crippen LogP contribution in [0, 0.1) is 0 Å². The number of amides is 2. The smallest absolute Gasteiger partial charge is 0.264 e. The fraction of sp³-hybridized carbons (Fsp3) is 0.286. The van der Waals surface area contributed by atoms with Crippen LogP contribution in [0.5, 0.6) is 0 Å². The molecule has 208 valence electrons. The highest BCUT2D eigenvalue weighted by molar-refractivity contribution is 7.92. The molecule has 3 aromatic rings. The van der Waals surface area contributed by atoms with E-state index in [4.69, 9.17) is 34.8 Å². The van der Waals surface area contributed by atoms with Gasteiger partial charge >= 0.3 is 0 Å². The van der Waals surface area contributed by atoms with Gasteiger partial charge in [-0.05, 0) is 62.7 Å². The Kier molecular flexibility index (Phi) is 10.7. The van der Waals surface area contributed by atoms with E-state index in [2.05, 4.69) is 5.32 Å². The Morgan fingerprint density at radius 2 is 1.51 bits per heavy atom. The fourth-order valence-electron chi connectivity index (χ4n) is 4.03. The lowest BCUT2D eigenvalue weighted by Gasteiger charge is -2.34.